The minimum absolute atomic E-state index is 0.513. The van der Waals surface area contributed by atoms with Crippen LogP contribution in [0.4, 0.5) is 0 Å². The van der Waals surface area contributed by atoms with Crippen molar-refractivity contribution in [2.45, 2.75) is 20.8 Å². The normalized spacial score (nSPS) is 11.7. The maximum absolute atomic E-state index is 9.71. The molecule has 0 aliphatic heterocycles. The Balaban J connectivity index is 1.80. The number of nitrogens with one attached hydrogen (secondary N) is 1. The average Bonchev–Trinajstić information content (AvgIpc) is 3.20. The third kappa shape index (κ3) is 3.02. The van der Waals surface area contributed by atoms with E-state index in [4.69, 9.17) is 0 Å². The molecular formula is C22H19N5. The first kappa shape index (κ1) is 16.8. The molecule has 0 atom stereocenters. The topological polar surface area (TPSA) is 70.3 Å². The Kier molecular flexibility index (Phi) is 4.09. The van der Waals surface area contributed by atoms with Crippen LogP contribution in [0, 0.1) is 32.1 Å². The second-order valence-corrected chi connectivity index (χ2v) is 6.64. The van der Waals surface area contributed by atoms with Crippen molar-refractivity contribution < 1.29 is 0 Å². The van der Waals surface area contributed by atoms with Crippen molar-refractivity contribution >= 4 is 22.7 Å². The Morgan fingerprint density at radius 3 is 2.63 bits per heavy atom. The summed E-state index contributed by atoms with van der Waals surface area (Å²) < 4.78 is 2.16. The van der Waals surface area contributed by atoms with Gasteiger partial charge in [-0.15, -0.1) is 0 Å². The lowest BCUT2D eigenvalue weighted by molar-refractivity contribution is 0.960. The number of imidazole rings is 1. The van der Waals surface area contributed by atoms with Gasteiger partial charge < -0.3 is 9.55 Å². The second-order valence-electron chi connectivity index (χ2n) is 6.64. The van der Waals surface area contributed by atoms with Crippen LogP contribution >= 0.6 is 0 Å². The van der Waals surface area contributed by atoms with Crippen molar-refractivity contribution in [3.8, 4) is 11.8 Å². The highest BCUT2D eigenvalue weighted by Gasteiger charge is 2.13. The molecule has 4 rings (SSSR count). The van der Waals surface area contributed by atoms with Crippen molar-refractivity contribution in [3.63, 3.8) is 0 Å². The van der Waals surface area contributed by atoms with Crippen LogP contribution in [-0.4, -0.2) is 19.5 Å². The van der Waals surface area contributed by atoms with Crippen LogP contribution in [0.15, 0.2) is 48.8 Å². The Morgan fingerprint density at radius 2 is 1.89 bits per heavy atom. The van der Waals surface area contributed by atoms with Crippen molar-refractivity contribution in [3.05, 3.63) is 77.1 Å². The molecule has 4 aromatic rings. The van der Waals surface area contributed by atoms with E-state index >= 15 is 0 Å². The molecule has 5 heteroatoms. The van der Waals surface area contributed by atoms with Crippen LogP contribution in [0.2, 0.25) is 0 Å². The maximum atomic E-state index is 9.71. The van der Waals surface area contributed by atoms with Gasteiger partial charge >= 0.3 is 0 Å². The third-order valence-corrected chi connectivity index (χ3v) is 4.70. The summed E-state index contributed by atoms with van der Waals surface area (Å²) in [5.41, 5.74) is 7.68. The van der Waals surface area contributed by atoms with Gasteiger partial charge in [0, 0.05) is 29.5 Å². The van der Waals surface area contributed by atoms with Gasteiger partial charge in [0.05, 0.1) is 16.6 Å². The molecule has 0 saturated heterocycles. The Hall–Kier alpha value is -3.65. The smallest absolute Gasteiger partial charge is 0.149 e. The van der Waals surface area contributed by atoms with Gasteiger partial charge in [-0.05, 0) is 68.3 Å². The van der Waals surface area contributed by atoms with Crippen LogP contribution < -0.4 is 0 Å². The summed E-state index contributed by atoms with van der Waals surface area (Å²) in [6.45, 7) is 6.14. The van der Waals surface area contributed by atoms with E-state index in [1.165, 1.54) is 0 Å². The lowest BCUT2D eigenvalue weighted by atomic mass is 10.1. The molecule has 1 aromatic carbocycles. The first-order chi connectivity index (χ1) is 13.1. The summed E-state index contributed by atoms with van der Waals surface area (Å²) in [6.07, 6.45) is 5.45. The molecule has 0 aliphatic rings. The number of pyridine rings is 1. The molecule has 0 fully saturated rings. The standard InChI is InChI=1S/C22H19N5/c1-14-4-5-20-21(10-14)26-22(25-20)18(13-23)12-17-11-15(2)27(16(17)3)19-6-8-24-9-7-19/h4-12H,1-3H3,(H,25,26). The Morgan fingerprint density at radius 1 is 1.11 bits per heavy atom. The molecule has 27 heavy (non-hydrogen) atoms. The number of hydrogen-bond donors (Lipinski definition) is 1. The number of H-pyrrole nitrogens is 1. The van der Waals surface area contributed by atoms with Gasteiger partial charge in [0.15, 0.2) is 0 Å². The molecule has 3 aromatic heterocycles. The molecule has 0 bridgehead atoms. The number of nitrogens with zero attached hydrogens (tertiary/aromatic N) is 4. The summed E-state index contributed by atoms with van der Waals surface area (Å²) in [7, 11) is 0. The van der Waals surface area contributed by atoms with E-state index in [9.17, 15) is 5.26 Å². The Labute approximate surface area is 157 Å². The Bertz CT molecular complexity index is 1200. The molecule has 0 unspecified atom stereocenters. The quantitative estimate of drug-likeness (QED) is 0.541. The predicted octanol–water partition coefficient (Wildman–Crippen LogP) is 4.74. The number of aryl methyl sites for hydroxylation is 2. The lowest BCUT2D eigenvalue weighted by Gasteiger charge is -2.08. The second kappa shape index (κ2) is 6.58. The van der Waals surface area contributed by atoms with Crippen LogP contribution in [0.25, 0.3) is 28.4 Å². The van der Waals surface area contributed by atoms with E-state index in [1.54, 1.807) is 12.4 Å². The van der Waals surface area contributed by atoms with E-state index in [0.717, 1.165) is 39.2 Å². The number of rotatable bonds is 3. The number of aromatic amines is 1. The number of benzene rings is 1. The predicted molar refractivity (Wildman–Crippen MR) is 107 cm³/mol. The van der Waals surface area contributed by atoms with Gasteiger partial charge in [-0.1, -0.05) is 6.07 Å². The largest absolute Gasteiger partial charge is 0.337 e. The molecule has 0 spiro atoms. The van der Waals surface area contributed by atoms with Crippen molar-refractivity contribution in [1.29, 1.82) is 5.26 Å². The molecule has 1 N–H and O–H groups in total. The van der Waals surface area contributed by atoms with Crippen LogP contribution in [0.1, 0.15) is 28.3 Å². The number of nitriles is 1. The van der Waals surface area contributed by atoms with E-state index in [0.29, 0.717) is 11.4 Å². The van der Waals surface area contributed by atoms with E-state index in [1.807, 2.05) is 43.3 Å². The summed E-state index contributed by atoms with van der Waals surface area (Å²) >= 11 is 0. The van der Waals surface area contributed by atoms with Crippen molar-refractivity contribution in [2.24, 2.45) is 0 Å². The molecule has 0 radical (unpaired) electrons. The molecule has 3 heterocycles. The molecule has 132 valence electrons. The SMILES string of the molecule is Cc1ccc2nc(C(C#N)=Cc3cc(C)n(-c4ccncc4)c3C)[nH]c2c1. The highest BCUT2D eigenvalue weighted by Crippen LogP contribution is 2.25. The number of hydrogen-bond acceptors (Lipinski definition) is 3. The van der Waals surface area contributed by atoms with E-state index in [-0.39, 0.29) is 0 Å². The fraction of sp³-hybridized carbons (Fsp3) is 0.136. The number of aromatic nitrogens is 4. The molecule has 0 saturated carbocycles. The van der Waals surface area contributed by atoms with Gasteiger partial charge in [-0.25, -0.2) is 4.98 Å². The number of fused-ring (bicyclic) bond motifs is 1. The maximum Gasteiger partial charge on any atom is 0.149 e. The monoisotopic (exact) mass is 353 g/mol. The summed E-state index contributed by atoms with van der Waals surface area (Å²) in [5, 5.41) is 9.71. The highest BCUT2D eigenvalue weighted by atomic mass is 15.0. The summed E-state index contributed by atoms with van der Waals surface area (Å²) in [6, 6.07) is 14.3. The van der Waals surface area contributed by atoms with Crippen LogP contribution in [0.5, 0.6) is 0 Å². The zero-order valence-electron chi connectivity index (χ0n) is 15.5. The fourth-order valence-electron chi connectivity index (χ4n) is 3.38. The molecule has 0 amide bonds. The first-order valence-electron chi connectivity index (χ1n) is 8.74. The zero-order chi connectivity index (χ0) is 19.0. The van der Waals surface area contributed by atoms with Gasteiger partial charge in [-0.3, -0.25) is 4.98 Å². The number of allylic oxidation sites excluding steroid dienone is 1. The zero-order valence-corrected chi connectivity index (χ0v) is 15.5. The van der Waals surface area contributed by atoms with Gasteiger partial charge in [-0.2, -0.15) is 5.26 Å². The van der Waals surface area contributed by atoms with Gasteiger partial charge in [0.1, 0.15) is 11.9 Å². The summed E-state index contributed by atoms with van der Waals surface area (Å²) in [4.78, 5) is 11.9. The van der Waals surface area contributed by atoms with Crippen LogP contribution in [0.3, 0.4) is 0 Å². The average molecular weight is 353 g/mol. The van der Waals surface area contributed by atoms with Crippen LogP contribution in [-0.2, 0) is 0 Å². The van der Waals surface area contributed by atoms with E-state index in [2.05, 4.69) is 45.5 Å². The van der Waals surface area contributed by atoms with E-state index < -0.39 is 0 Å². The lowest BCUT2D eigenvalue weighted by Crippen LogP contribution is -1.98. The molecular weight excluding hydrogens is 334 g/mol. The minimum atomic E-state index is 0.513. The van der Waals surface area contributed by atoms with Crippen molar-refractivity contribution in [2.75, 3.05) is 0 Å². The first-order valence-corrected chi connectivity index (χ1v) is 8.74. The molecule has 5 nitrogen and oxygen atoms in total. The van der Waals surface area contributed by atoms with Crippen molar-refractivity contribution in [1.82, 2.24) is 19.5 Å². The summed E-state index contributed by atoms with van der Waals surface area (Å²) in [5.74, 6) is 0.590. The minimum Gasteiger partial charge on any atom is -0.337 e. The fourth-order valence-corrected chi connectivity index (χ4v) is 3.38. The van der Waals surface area contributed by atoms with Gasteiger partial charge in [0.25, 0.3) is 0 Å². The highest BCUT2D eigenvalue weighted by molar-refractivity contribution is 5.91. The third-order valence-electron chi connectivity index (χ3n) is 4.70. The van der Waals surface area contributed by atoms with Gasteiger partial charge in [0.2, 0.25) is 0 Å². The molecule has 0 aliphatic carbocycles.